The topological polar surface area (TPSA) is 48.4 Å². The lowest BCUT2D eigenvalue weighted by Gasteiger charge is -2.09. The Morgan fingerprint density at radius 1 is 1.62 bits per heavy atom. The Kier molecular flexibility index (Phi) is 5.04. The standard InChI is InChI=1S/C8H8ClF2NO3S/c1-16(13)14-4-5-2-7(9)12-3-6(5)15-8(10)11/h2-3,8H,4H2,1H3. The highest BCUT2D eigenvalue weighted by Crippen LogP contribution is 2.23. The van der Waals surface area contributed by atoms with Crippen LogP contribution in [0.4, 0.5) is 8.78 Å². The van der Waals surface area contributed by atoms with Crippen LogP contribution in [0.3, 0.4) is 0 Å². The molecule has 1 aromatic heterocycles. The maximum Gasteiger partial charge on any atom is 0.387 e. The van der Waals surface area contributed by atoms with Crippen LogP contribution in [0.25, 0.3) is 0 Å². The first kappa shape index (κ1) is 13.3. The molecule has 0 aliphatic heterocycles. The second-order valence-electron chi connectivity index (χ2n) is 2.66. The fourth-order valence-corrected chi connectivity index (χ4v) is 1.39. The lowest BCUT2D eigenvalue weighted by atomic mass is 10.2. The number of rotatable bonds is 5. The number of aromatic nitrogens is 1. The van der Waals surface area contributed by atoms with Gasteiger partial charge in [0.1, 0.15) is 10.9 Å². The molecule has 0 aliphatic rings. The van der Waals surface area contributed by atoms with E-state index in [4.69, 9.17) is 15.8 Å². The molecular formula is C8H8ClF2NO3S. The quantitative estimate of drug-likeness (QED) is 0.770. The van der Waals surface area contributed by atoms with Crippen LogP contribution in [0.1, 0.15) is 5.56 Å². The van der Waals surface area contributed by atoms with Crippen molar-refractivity contribution >= 4 is 22.7 Å². The average molecular weight is 272 g/mol. The number of ether oxygens (including phenoxy) is 1. The zero-order chi connectivity index (χ0) is 12.1. The summed E-state index contributed by atoms with van der Waals surface area (Å²) < 4.78 is 43.7. The minimum absolute atomic E-state index is 0.113. The summed E-state index contributed by atoms with van der Waals surface area (Å²) in [6.45, 7) is -3.11. The Morgan fingerprint density at radius 3 is 2.88 bits per heavy atom. The molecule has 0 bridgehead atoms. The fourth-order valence-electron chi connectivity index (χ4n) is 0.917. The molecule has 0 spiro atoms. The van der Waals surface area contributed by atoms with E-state index >= 15 is 0 Å². The number of hydrogen-bond donors (Lipinski definition) is 0. The van der Waals surface area contributed by atoms with Gasteiger partial charge in [-0.15, -0.1) is 0 Å². The smallest absolute Gasteiger partial charge is 0.387 e. The Hall–Kier alpha value is -0.790. The summed E-state index contributed by atoms with van der Waals surface area (Å²) in [6.07, 6.45) is 2.38. The van der Waals surface area contributed by atoms with Crippen LogP contribution >= 0.6 is 11.6 Å². The highest BCUT2D eigenvalue weighted by atomic mass is 35.5. The molecule has 0 saturated heterocycles. The maximum atomic E-state index is 12.0. The van der Waals surface area contributed by atoms with E-state index in [-0.39, 0.29) is 23.1 Å². The van der Waals surface area contributed by atoms with Crippen molar-refractivity contribution in [1.29, 1.82) is 0 Å². The van der Waals surface area contributed by atoms with Crippen molar-refractivity contribution in [3.8, 4) is 5.75 Å². The van der Waals surface area contributed by atoms with Crippen molar-refractivity contribution in [3.63, 3.8) is 0 Å². The molecule has 0 radical (unpaired) electrons. The highest BCUT2D eigenvalue weighted by Gasteiger charge is 2.11. The van der Waals surface area contributed by atoms with Gasteiger partial charge in [-0.05, 0) is 6.07 Å². The molecule has 1 rings (SSSR count). The molecule has 0 amide bonds. The van der Waals surface area contributed by atoms with E-state index in [0.29, 0.717) is 0 Å². The van der Waals surface area contributed by atoms with Crippen LogP contribution in [0, 0.1) is 0 Å². The van der Waals surface area contributed by atoms with Gasteiger partial charge in [-0.1, -0.05) is 11.6 Å². The molecule has 1 heterocycles. The molecular weight excluding hydrogens is 264 g/mol. The van der Waals surface area contributed by atoms with Crippen LogP contribution in [0.5, 0.6) is 5.75 Å². The first-order chi connectivity index (χ1) is 7.49. The van der Waals surface area contributed by atoms with Crippen molar-refractivity contribution in [2.75, 3.05) is 6.26 Å². The molecule has 1 unspecified atom stereocenters. The molecule has 0 aliphatic carbocycles. The molecule has 16 heavy (non-hydrogen) atoms. The summed E-state index contributed by atoms with van der Waals surface area (Å²) in [6, 6.07) is 1.31. The first-order valence-electron chi connectivity index (χ1n) is 4.05. The molecule has 8 heteroatoms. The van der Waals surface area contributed by atoms with Crippen molar-refractivity contribution in [2.24, 2.45) is 0 Å². The summed E-state index contributed by atoms with van der Waals surface area (Å²) in [4.78, 5) is 3.60. The van der Waals surface area contributed by atoms with Crippen LogP contribution < -0.4 is 4.74 Å². The largest absolute Gasteiger partial charge is 0.433 e. The SMILES string of the molecule is CS(=O)OCc1cc(Cl)ncc1OC(F)F. The van der Waals surface area contributed by atoms with Crippen LogP contribution in [0.15, 0.2) is 12.3 Å². The summed E-state index contributed by atoms with van der Waals surface area (Å²) in [5.41, 5.74) is 0.260. The normalized spacial score (nSPS) is 12.8. The predicted molar refractivity (Wildman–Crippen MR) is 54.7 cm³/mol. The van der Waals surface area contributed by atoms with E-state index in [1.54, 1.807) is 0 Å². The van der Waals surface area contributed by atoms with E-state index in [1.807, 2.05) is 0 Å². The third kappa shape index (κ3) is 4.38. The Balaban J connectivity index is 2.84. The first-order valence-corrected chi connectivity index (χ1v) is 5.91. The zero-order valence-corrected chi connectivity index (χ0v) is 9.73. The molecule has 0 fully saturated rings. The minimum atomic E-state index is -2.96. The van der Waals surface area contributed by atoms with Gasteiger partial charge in [-0.3, -0.25) is 4.18 Å². The second kappa shape index (κ2) is 6.07. The van der Waals surface area contributed by atoms with Gasteiger partial charge in [-0.2, -0.15) is 8.78 Å². The number of nitrogens with zero attached hydrogens (tertiary/aromatic N) is 1. The van der Waals surface area contributed by atoms with E-state index < -0.39 is 17.7 Å². The van der Waals surface area contributed by atoms with Crippen LogP contribution in [-0.4, -0.2) is 22.1 Å². The van der Waals surface area contributed by atoms with Crippen molar-refractivity contribution in [3.05, 3.63) is 23.0 Å². The second-order valence-corrected chi connectivity index (χ2v) is 4.08. The van der Waals surface area contributed by atoms with Crippen LogP contribution in [0.2, 0.25) is 5.15 Å². The lowest BCUT2D eigenvalue weighted by Crippen LogP contribution is -2.06. The summed E-state index contributed by atoms with van der Waals surface area (Å²) in [5, 5.41) is 0.113. The number of pyridine rings is 1. The molecule has 4 nitrogen and oxygen atoms in total. The summed E-state index contributed by atoms with van der Waals surface area (Å²) >= 11 is 4.08. The minimum Gasteiger partial charge on any atom is -0.433 e. The molecule has 1 aromatic rings. The van der Waals surface area contributed by atoms with Crippen molar-refractivity contribution in [1.82, 2.24) is 4.98 Å². The van der Waals surface area contributed by atoms with E-state index in [2.05, 4.69) is 9.72 Å². The van der Waals surface area contributed by atoms with Gasteiger partial charge in [0.2, 0.25) is 0 Å². The molecule has 90 valence electrons. The zero-order valence-electron chi connectivity index (χ0n) is 8.15. The van der Waals surface area contributed by atoms with Gasteiger partial charge in [-0.25, -0.2) is 9.19 Å². The third-order valence-corrected chi connectivity index (χ3v) is 2.17. The van der Waals surface area contributed by atoms with Gasteiger partial charge in [0.05, 0.1) is 12.8 Å². The van der Waals surface area contributed by atoms with Crippen molar-refractivity contribution in [2.45, 2.75) is 13.2 Å². The van der Waals surface area contributed by atoms with Gasteiger partial charge in [0.15, 0.2) is 11.1 Å². The van der Waals surface area contributed by atoms with Crippen molar-refractivity contribution < 1.29 is 21.9 Å². The maximum absolute atomic E-state index is 12.0. The Bertz CT molecular complexity index is 392. The molecule has 1 atom stereocenters. The molecule has 0 aromatic carbocycles. The van der Waals surface area contributed by atoms with E-state index in [1.165, 1.54) is 12.3 Å². The Morgan fingerprint density at radius 2 is 2.31 bits per heavy atom. The van der Waals surface area contributed by atoms with Gasteiger partial charge in [0, 0.05) is 11.8 Å². The highest BCUT2D eigenvalue weighted by molar-refractivity contribution is 7.79. The predicted octanol–water partition coefficient (Wildman–Crippen LogP) is 2.15. The van der Waals surface area contributed by atoms with Gasteiger partial charge < -0.3 is 4.74 Å². The summed E-state index contributed by atoms with van der Waals surface area (Å²) in [7, 11) is 0. The van der Waals surface area contributed by atoms with Crippen LogP contribution in [-0.2, 0) is 21.9 Å². The van der Waals surface area contributed by atoms with Gasteiger partial charge in [0.25, 0.3) is 0 Å². The lowest BCUT2D eigenvalue weighted by molar-refractivity contribution is -0.0510. The number of alkyl halides is 2. The summed E-state index contributed by atoms with van der Waals surface area (Å²) in [5.74, 6) is -0.148. The Labute approximate surface area is 98.2 Å². The number of halogens is 3. The fraction of sp³-hybridized carbons (Fsp3) is 0.375. The third-order valence-electron chi connectivity index (χ3n) is 1.51. The van der Waals surface area contributed by atoms with E-state index in [0.717, 1.165) is 6.20 Å². The monoisotopic (exact) mass is 271 g/mol. The molecule has 0 saturated carbocycles. The average Bonchev–Trinajstić information content (AvgIpc) is 2.17. The van der Waals surface area contributed by atoms with E-state index in [9.17, 15) is 13.0 Å². The number of hydrogen-bond acceptors (Lipinski definition) is 4. The van der Waals surface area contributed by atoms with Gasteiger partial charge >= 0.3 is 6.61 Å². The molecule has 0 N–H and O–H groups in total.